The summed E-state index contributed by atoms with van der Waals surface area (Å²) in [6, 6.07) is 6.93. The lowest BCUT2D eigenvalue weighted by Gasteiger charge is -2.35. The molecule has 1 aliphatic heterocycles. The number of amides is 3. The van der Waals surface area contributed by atoms with Crippen molar-refractivity contribution in [3.8, 4) is 0 Å². The highest BCUT2D eigenvalue weighted by molar-refractivity contribution is 5.95. The highest BCUT2D eigenvalue weighted by Crippen LogP contribution is 2.14. The zero-order chi connectivity index (χ0) is 17.7. The Bertz CT molecular complexity index is 563. The molecule has 0 saturated carbocycles. The number of nitrogens with zero attached hydrogens (tertiary/aromatic N) is 1. The molecule has 0 spiro atoms. The summed E-state index contributed by atoms with van der Waals surface area (Å²) in [5.74, 6) is -0.0990. The topological polar surface area (TPSA) is 70.7 Å². The van der Waals surface area contributed by atoms with Crippen molar-refractivity contribution < 1.29 is 14.3 Å². The van der Waals surface area contributed by atoms with E-state index in [0.717, 1.165) is 6.42 Å². The van der Waals surface area contributed by atoms with Crippen LogP contribution < -0.4 is 10.6 Å². The molecule has 132 valence electrons. The molecule has 1 aromatic rings. The van der Waals surface area contributed by atoms with E-state index < -0.39 is 0 Å². The highest BCUT2D eigenvalue weighted by atomic mass is 16.5. The first-order valence-corrected chi connectivity index (χ1v) is 8.51. The molecule has 0 aromatic heterocycles. The molecule has 1 saturated heterocycles. The Balaban J connectivity index is 1.93. The van der Waals surface area contributed by atoms with E-state index in [1.54, 1.807) is 29.2 Å². The van der Waals surface area contributed by atoms with Crippen molar-refractivity contribution in [2.75, 3.05) is 18.4 Å². The van der Waals surface area contributed by atoms with Crippen LogP contribution in [-0.2, 0) is 4.74 Å². The smallest absolute Gasteiger partial charge is 0.322 e. The van der Waals surface area contributed by atoms with Gasteiger partial charge in [0.15, 0.2) is 0 Å². The third kappa shape index (κ3) is 4.96. The van der Waals surface area contributed by atoms with Crippen molar-refractivity contribution in [3.63, 3.8) is 0 Å². The van der Waals surface area contributed by atoms with Crippen LogP contribution in [0, 0.1) is 0 Å². The van der Waals surface area contributed by atoms with Gasteiger partial charge in [0.25, 0.3) is 5.91 Å². The van der Waals surface area contributed by atoms with Crippen LogP contribution in [0.4, 0.5) is 10.5 Å². The number of urea groups is 1. The molecule has 0 aliphatic carbocycles. The molecule has 6 nitrogen and oxygen atoms in total. The molecule has 0 bridgehead atoms. The predicted molar refractivity (Wildman–Crippen MR) is 94.3 cm³/mol. The molecule has 1 heterocycles. The summed E-state index contributed by atoms with van der Waals surface area (Å²) >= 11 is 0. The molecule has 0 radical (unpaired) electrons. The number of benzene rings is 1. The third-order valence-electron chi connectivity index (χ3n) is 4.10. The number of hydrogen-bond donors (Lipinski definition) is 2. The molecule has 2 N–H and O–H groups in total. The van der Waals surface area contributed by atoms with Gasteiger partial charge in [0.1, 0.15) is 0 Å². The summed E-state index contributed by atoms with van der Waals surface area (Å²) < 4.78 is 5.63. The van der Waals surface area contributed by atoms with Crippen LogP contribution >= 0.6 is 0 Å². The van der Waals surface area contributed by atoms with Gasteiger partial charge in [-0.3, -0.25) is 4.79 Å². The van der Waals surface area contributed by atoms with E-state index in [1.807, 2.05) is 27.7 Å². The summed E-state index contributed by atoms with van der Waals surface area (Å²) in [5.41, 5.74) is 1.26. The van der Waals surface area contributed by atoms with Gasteiger partial charge in [-0.2, -0.15) is 0 Å². The van der Waals surface area contributed by atoms with Gasteiger partial charge in [0.2, 0.25) is 0 Å². The summed E-state index contributed by atoms with van der Waals surface area (Å²) in [6.07, 6.45) is 0.952. The maximum Gasteiger partial charge on any atom is 0.322 e. The van der Waals surface area contributed by atoms with E-state index in [1.165, 1.54) is 0 Å². The standard InChI is InChI=1S/C18H27N3O3/c1-5-12(2)19-17(22)15-6-8-16(9-7-15)20-18(23)21-10-13(3)24-14(4)11-21/h6-9,12-14H,5,10-11H2,1-4H3,(H,19,22)(H,20,23)/t12-,13-,14-/m0/s1. The average molecular weight is 333 g/mol. The Labute approximate surface area is 143 Å². The van der Waals surface area contributed by atoms with E-state index in [9.17, 15) is 9.59 Å². The van der Waals surface area contributed by atoms with Crippen molar-refractivity contribution in [3.05, 3.63) is 29.8 Å². The van der Waals surface area contributed by atoms with Crippen LogP contribution in [0.2, 0.25) is 0 Å². The molecule has 1 fully saturated rings. The second kappa shape index (κ2) is 8.15. The fourth-order valence-corrected chi connectivity index (χ4v) is 2.66. The molecule has 3 atom stereocenters. The SMILES string of the molecule is CC[C@H](C)NC(=O)c1ccc(NC(=O)N2C[C@H](C)O[C@@H](C)C2)cc1. The fraction of sp³-hybridized carbons (Fsp3) is 0.556. The number of morpholine rings is 1. The molecular weight excluding hydrogens is 306 g/mol. The van der Waals surface area contributed by atoms with Gasteiger partial charge < -0.3 is 20.3 Å². The molecule has 0 unspecified atom stereocenters. The van der Waals surface area contributed by atoms with Crippen molar-refractivity contribution in [2.24, 2.45) is 0 Å². The van der Waals surface area contributed by atoms with Gasteiger partial charge in [-0.1, -0.05) is 6.92 Å². The van der Waals surface area contributed by atoms with E-state index >= 15 is 0 Å². The van der Waals surface area contributed by atoms with Crippen LogP contribution in [0.15, 0.2) is 24.3 Å². The Hall–Kier alpha value is -2.08. The first-order valence-electron chi connectivity index (χ1n) is 8.51. The van der Waals surface area contributed by atoms with Gasteiger partial charge in [-0.15, -0.1) is 0 Å². The number of ether oxygens (including phenoxy) is 1. The summed E-state index contributed by atoms with van der Waals surface area (Å²) in [7, 11) is 0. The lowest BCUT2D eigenvalue weighted by Crippen LogP contribution is -2.49. The van der Waals surface area contributed by atoms with Gasteiger partial charge >= 0.3 is 6.03 Å². The Morgan fingerprint density at radius 3 is 2.33 bits per heavy atom. The maximum absolute atomic E-state index is 12.3. The normalized spacial score (nSPS) is 21.9. The van der Waals surface area contributed by atoms with E-state index in [4.69, 9.17) is 4.74 Å². The molecular formula is C18H27N3O3. The van der Waals surface area contributed by atoms with Gasteiger partial charge in [-0.25, -0.2) is 4.79 Å². The Kier molecular flexibility index (Phi) is 6.20. The van der Waals surface area contributed by atoms with Crippen molar-refractivity contribution in [2.45, 2.75) is 52.4 Å². The number of nitrogens with one attached hydrogen (secondary N) is 2. The average Bonchev–Trinajstić information content (AvgIpc) is 2.54. The second-order valence-electron chi connectivity index (χ2n) is 6.45. The molecule has 2 rings (SSSR count). The summed E-state index contributed by atoms with van der Waals surface area (Å²) in [4.78, 5) is 26.1. The molecule has 1 aromatic carbocycles. The lowest BCUT2D eigenvalue weighted by atomic mass is 10.1. The van der Waals surface area contributed by atoms with Gasteiger partial charge in [-0.05, 0) is 51.5 Å². The van der Waals surface area contributed by atoms with Crippen molar-refractivity contribution in [1.29, 1.82) is 0 Å². The first-order chi connectivity index (χ1) is 11.4. The number of carbonyl (C=O) groups excluding carboxylic acids is 2. The minimum absolute atomic E-state index is 0.0335. The third-order valence-corrected chi connectivity index (χ3v) is 4.10. The molecule has 24 heavy (non-hydrogen) atoms. The van der Waals surface area contributed by atoms with E-state index in [0.29, 0.717) is 24.3 Å². The first kappa shape index (κ1) is 18.3. The summed E-state index contributed by atoms with van der Waals surface area (Å²) in [6.45, 7) is 9.06. The quantitative estimate of drug-likeness (QED) is 0.890. The highest BCUT2D eigenvalue weighted by Gasteiger charge is 2.25. The minimum Gasteiger partial charge on any atom is -0.372 e. The van der Waals surface area contributed by atoms with Gasteiger partial charge in [0.05, 0.1) is 12.2 Å². The number of hydrogen-bond acceptors (Lipinski definition) is 3. The van der Waals surface area contributed by atoms with Crippen LogP contribution in [0.3, 0.4) is 0 Å². The number of rotatable bonds is 4. The zero-order valence-electron chi connectivity index (χ0n) is 14.8. The van der Waals surface area contributed by atoms with Crippen LogP contribution in [-0.4, -0.2) is 48.2 Å². The second-order valence-corrected chi connectivity index (χ2v) is 6.45. The largest absolute Gasteiger partial charge is 0.372 e. The maximum atomic E-state index is 12.3. The summed E-state index contributed by atoms with van der Waals surface area (Å²) in [5, 5.41) is 5.79. The fourth-order valence-electron chi connectivity index (χ4n) is 2.66. The van der Waals surface area contributed by atoms with Crippen LogP contribution in [0.25, 0.3) is 0 Å². The minimum atomic E-state index is -0.145. The molecule has 1 aliphatic rings. The van der Waals surface area contributed by atoms with E-state index in [-0.39, 0.29) is 30.2 Å². The van der Waals surface area contributed by atoms with Gasteiger partial charge in [0, 0.05) is 30.4 Å². The zero-order valence-corrected chi connectivity index (χ0v) is 14.8. The monoisotopic (exact) mass is 333 g/mol. The Morgan fingerprint density at radius 2 is 1.79 bits per heavy atom. The van der Waals surface area contributed by atoms with Crippen molar-refractivity contribution in [1.82, 2.24) is 10.2 Å². The number of carbonyl (C=O) groups is 2. The number of anilines is 1. The van der Waals surface area contributed by atoms with Crippen LogP contribution in [0.1, 0.15) is 44.5 Å². The predicted octanol–water partition coefficient (Wildman–Crippen LogP) is 2.86. The molecule has 3 amide bonds. The van der Waals surface area contributed by atoms with E-state index in [2.05, 4.69) is 10.6 Å². The Morgan fingerprint density at radius 1 is 1.21 bits per heavy atom. The van der Waals surface area contributed by atoms with Crippen LogP contribution in [0.5, 0.6) is 0 Å². The van der Waals surface area contributed by atoms with Crippen molar-refractivity contribution >= 4 is 17.6 Å². The molecule has 6 heteroatoms. The lowest BCUT2D eigenvalue weighted by molar-refractivity contribution is -0.0530.